The first kappa shape index (κ1) is 8.43. The third-order valence-corrected chi connectivity index (χ3v) is 1.11. The fourth-order valence-corrected chi connectivity index (χ4v) is 0.562. The van der Waals surface area contributed by atoms with Crippen LogP contribution in [-0.4, -0.2) is 29.1 Å². The van der Waals surface area contributed by atoms with Crippen molar-refractivity contribution in [2.45, 2.75) is 13.8 Å². The maximum atomic E-state index is 10.0. The highest BCUT2D eigenvalue weighted by Crippen LogP contribution is 1.89. The molecule has 0 aliphatic heterocycles. The summed E-state index contributed by atoms with van der Waals surface area (Å²) < 4.78 is 0. The molecule has 0 bridgehead atoms. The summed E-state index contributed by atoms with van der Waals surface area (Å²) in [6, 6.07) is 0. The van der Waals surface area contributed by atoms with Crippen LogP contribution in [0.5, 0.6) is 0 Å². The second kappa shape index (κ2) is 4.32. The molecule has 0 amide bonds. The molecule has 0 aromatic rings. The minimum atomic E-state index is -0.876. The van der Waals surface area contributed by atoms with E-state index < -0.39 is 5.97 Å². The first-order chi connectivity index (χ1) is 4.20. The van der Waals surface area contributed by atoms with Gasteiger partial charge in [-0.05, 0) is 13.1 Å². The molecular weight excluding hydrogens is 118 g/mol. The number of carboxylic acids is 1. The topological polar surface area (TPSA) is 40.5 Å². The van der Waals surface area contributed by atoms with E-state index in [0.717, 1.165) is 13.1 Å². The van der Waals surface area contributed by atoms with Crippen LogP contribution < -0.4 is 0 Å². The summed E-state index contributed by atoms with van der Waals surface area (Å²) in [6.45, 7) is 6.54. The number of carboxylic acid groups (broad SMARTS) is 1. The molecule has 0 rings (SSSR count). The predicted octanol–water partition coefficient (Wildman–Crippen LogP) is 0.575. The first-order valence-corrected chi connectivity index (χ1v) is 3.02. The van der Waals surface area contributed by atoms with Gasteiger partial charge in [0, 0.05) is 0 Å². The standard InChI is InChI=1S/C6H12NO2/c1-3-7(4-2)5-6(8)9/h5H,3-4H2,1-2H3,(H,8,9). The summed E-state index contributed by atoms with van der Waals surface area (Å²) in [6.07, 6.45) is 0. The van der Waals surface area contributed by atoms with Crippen molar-refractivity contribution in [3.63, 3.8) is 0 Å². The molecule has 0 spiro atoms. The van der Waals surface area contributed by atoms with Crippen LogP contribution >= 0.6 is 0 Å². The first-order valence-electron chi connectivity index (χ1n) is 3.02. The molecule has 0 unspecified atom stereocenters. The Labute approximate surface area is 55.3 Å². The Hall–Kier alpha value is -0.570. The van der Waals surface area contributed by atoms with E-state index in [2.05, 4.69) is 0 Å². The van der Waals surface area contributed by atoms with Crippen LogP contribution in [0.1, 0.15) is 13.8 Å². The second-order valence-electron chi connectivity index (χ2n) is 1.69. The summed E-state index contributed by atoms with van der Waals surface area (Å²) in [5.74, 6) is -0.876. The fraction of sp³-hybridized carbons (Fsp3) is 0.667. The van der Waals surface area contributed by atoms with Gasteiger partial charge in [-0.15, -0.1) is 0 Å². The zero-order chi connectivity index (χ0) is 7.28. The number of aliphatic carboxylic acids is 1. The summed E-state index contributed by atoms with van der Waals surface area (Å²) >= 11 is 0. The number of hydrogen-bond acceptors (Lipinski definition) is 2. The lowest BCUT2D eigenvalue weighted by Crippen LogP contribution is -2.23. The molecule has 9 heavy (non-hydrogen) atoms. The average molecular weight is 130 g/mol. The maximum Gasteiger partial charge on any atom is 0.323 e. The highest BCUT2D eigenvalue weighted by Gasteiger charge is 2.03. The van der Waals surface area contributed by atoms with Crippen molar-refractivity contribution in [1.82, 2.24) is 4.90 Å². The lowest BCUT2D eigenvalue weighted by Gasteiger charge is -2.12. The molecule has 1 radical (unpaired) electrons. The molecule has 0 saturated heterocycles. The predicted molar refractivity (Wildman–Crippen MR) is 34.9 cm³/mol. The van der Waals surface area contributed by atoms with E-state index in [0.29, 0.717) is 0 Å². The van der Waals surface area contributed by atoms with Crippen LogP contribution in [0.15, 0.2) is 0 Å². The number of carbonyl (C=O) groups is 1. The lowest BCUT2D eigenvalue weighted by atomic mass is 10.5. The van der Waals surface area contributed by atoms with Crippen molar-refractivity contribution in [2.24, 2.45) is 0 Å². The number of hydrogen-bond donors (Lipinski definition) is 1. The van der Waals surface area contributed by atoms with Crippen LogP contribution in [0, 0.1) is 6.54 Å². The van der Waals surface area contributed by atoms with Gasteiger partial charge in [0.1, 0.15) is 6.54 Å². The summed E-state index contributed by atoms with van der Waals surface area (Å²) in [5, 5.41) is 8.25. The highest BCUT2D eigenvalue weighted by atomic mass is 16.4. The summed E-state index contributed by atoms with van der Waals surface area (Å²) in [5.41, 5.74) is 0. The third kappa shape index (κ3) is 3.97. The van der Waals surface area contributed by atoms with E-state index in [1.165, 1.54) is 6.54 Å². The molecule has 1 N–H and O–H groups in total. The Bertz CT molecular complexity index is 89.1. The third-order valence-electron chi connectivity index (χ3n) is 1.11. The molecule has 0 aliphatic rings. The second-order valence-corrected chi connectivity index (χ2v) is 1.69. The van der Waals surface area contributed by atoms with Gasteiger partial charge >= 0.3 is 5.97 Å². The Kier molecular flexibility index (Phi) is 4.05. The van der Waals surface area contributed by atoms with Gasteiger partial charge < -0.3 is 5.11 Å². The Morgan fingerprint density at radius 3 is 2.11 bits per heavy atom. The minimum absolute atomic E-state index is 0.753. The summed E-state index contributed by atoms with van der Waals surface area (Å²) in [4.78, 5) is 11.8. The Morgan fingerprint density at radius 2 is 2.00 bits per heavy atom. The molecular formula is C6H12NO2. The van der Waals surface area contributed by atoms with Crippen molar-refractivity contribution in [2.75, 3.05) is 13.1 Å². The summed E-state index contributed by atoms with van der Waals surface area (Å²) in [7, 11) is 0. The SMILES string of the molecule is CCN([CH]C(=O)O)CC. The van der Waals surface area contributed by atoms with Crippen molar-refractivity contribution in [1.29, 1.82) is 0 Å². The largest absolute Gasteiger partial charge is 0.480 e. The van der Waals surface area contributed by atoms with Crippen LogP contribution in [0.3, 0.4) is 0 Å². The van der Waals surface area contributed by atoms with E-state index in [9.17, 15) is 4.79 Å². The van der Waals surface area contributed by atoms with Crippen LogP contribution in [0.2, 0.25) is 0 Å². The van der Waals surface area contributed by atoms with E-state index in [1.807, 2.05) is 13.8 Å². The normalized spacial score (nSPS) is 10.1. The molecule has 0 aromatic carbocycles. The number of likely N-dealkylation sites (N-methyl/N-ethyl adjacent to an activating group) is 1. The number of nitrogens with zero attached hydrogens (tertiary/aromatic N) is 1. The van der Waals surface area contributed by atoms with E-state index in [-0.39, 0.29) is 0 Å². The molecule has 0 aliphatic carbocycles. The molecule has 0 saturated carbocycles. The van der Waals surface area contributed by atoms with Crippen LogP contribution in [-0.2, 0) is 4.79 Å². The van der Waals surface area contributed by atoms with Gasteiger partial charge in [-0.3, -0.25) is 9.69 Å². The molecule has 0 heterocycles. The molecule has 0 fully saturated rings. The van der Waals surface area contributed by atoms with Crippen LogP contribution in [0.4, 0.5) is 0 Å². The minimum Gasteiger partial charge on any atom is -0.480 e. The van der Waals surface area contributed by atoms with Gasteiger partial charge in [0.25, 0.3) is 0 Å². The lowest BCUT2D eigenvalue weighted by molar-refractivity contribution is -0.135. The molecule has 3 nitrogen and oxygen atoms in total. The van der Waals surface area contributed by atoms with Crippen molar-refractivity contribution in [3.05, 3.63) is 6.54 Å². The molecule has 3 heteroatoms. The van der Waals surface area contributed by atoms with Gasteiger partial charge in [0.2, 0.25) is 0 Å². The highest BCUT2D eigenvalue weighted by molar-refractivity contribution is 5.75. The molecule has 0 aromatic heterocycles. The number of rotatable bonds is 4. The quantitative estimate of drug-likeness (QED) is 0.605. The van der Waals surface area contributed by atoms with Gasteiger partial charge in [0.05, 0.1) is 0 Å². The Balaban J connectivity index is 3.43. The Morgan fingerprint density at radius 1 is 1.56 bits per heavy atom. The maximum absolute atomic E-state index is 10.0. The average Bonchev–Trinajstić information content (AvgIpc) is 1.82. The van der Waals surface area contributed by atoms with Crippen LogP contribution in [0.25, 0.3) is 0 Å². The van der Waals surface area contributed by atoms with E-state index >= 15 is 0 Å². The molecule has 0 atom stereocenters. The van der Waals surface area contributed by atoms with Gasteiger partial charge in [-0.25, -0.2) is 0 Å². The zero-order valence-corrected chi connectivity index (χ0v) is 5.79. The van der Waals surface area contributed by atoms with Crippen molar-refractivity contribution in [3.8, 4) is 0 Å². The fourth-order valence-electron chi connectivity index (χ4n) is 0.562. The van der Waals surface area contributed by atoms with Gasteiger partial charge in [0.15, 0.2) is 0 Å². The van der Waals surface area contributed by atoms with E-state index in [1.54, 1.807) is 4.90 Å². The smallest absolute Gasteiger partial charge is 0.323 e. The van der Waals surface area contributed by atoms with E-state index in [4.69, 9.17) is 5.11 Å². The van der Waals surface area contributed by atoms with Gasteiger partial charge in [-0.2, -0.15) is 0 Å². The van der Waals surface area contributed by atoms with Crippen molar-refractivity contribution >= 4 is 5.97 Å². The van der Waals surface area contributed by atoms with Gasteiger partial charge in [-0.1, -0.05) is 13.8 Å². The zero-order valence-electron chi connectivity index (χ0n) is 5.79. The molecule has 53 valence electrons. The van der Waals surface area contributed by atoms with Crippen molar-refractivity contribution < 1.29 is 9.90 Å². The monoisotopic (exact) mass is 130 g/mol.